The third-order valence-corrected chi connectivity index (χ3v) is 4.51. The van der Waals surface area contributed by atoms with Crippen LogP contribution in [0.2, 0.25) is 0 Å². The van der Waals surface area contributed by atoms with Gasteiger partial charge < -0.3 is 9.47 Å². The van der Waals surface area contributed by atoms with Gasteiger partial charge in [0.1, 0.15) is 5.82 Å². The van der Waals surface area contributed by atoms with E-state index in [2.05, 4.69) is 0 Å². The highest BCUT2D eigenvalue weighted by molar-refractivity contribution is 5.84. The Kier molecular flexibility index (Phi) is 6.52. The minimum atomic E-state index is -0.766. The van der Waals surface area contributed by atoms with Crippen molar-refractivity contribution >= 4 is 5.78 Å². The van der Waals surface area contributed by atoms with Crippen molar-refractivity contribution in [2.45, 2.75) is 44.8 Å². The zero-order chi connectivity index (χ0) is 15.9. The van der Waals surface area contributed by atoms with E-state index >= 15 is 0 Å². The van der Waals surface area contributed by atoms with E-state index in [0.29, 0.717) is 5.92 Å². The van der Waals surface area contributed by atoms with Crippen LogP contribution in [-0.4, -0.2) is 26.3 Å². The molecule has 0 saturated heterocycles. The average molecular weight is 308 g/mol. The van der Waals surface area contributed by atoms with Gasteiger partial charge in [-0.15, -0.1) is 0 Å². The Morgan fingerprint density at radius 1 is 1.27 bits per heavy atom. The molecule has 3 nitrogen and oxygen atoms in total. The second-order valence-corrected chi connectivity index (χ2v) is 6.12. The molecule has 0 aliphatic heterocycles. The maximum atomic E-state index is 13.3. The summed E-state index contributed by atoms with van der Waals surface area (Å²) in [5.74, 6) is 0.229. The summed E-state index contributed by atoms with van der Waals surface area (Å²) in [5.41, 5.74) is 1.01. The fraction of sp³-hybridized carbons (Fsp3) is 0.611. The maximum Gasteiger partial charge on any atom is 0.217 e. The molecule has 0 N–H and O–H groups in total. The van der Waals surface area contributed by atoms with Gasteiger partial charge in [0.15, 0.2) is 5.78 Å². The van der Waals surface area contributed by atoms with Crippen LogP contribution in [0.3, 0.4) is 0 Å². The number of Topliss-reactive ketones (excluding diaryl/α,β-unsaturated/α-hetero) is 1. The normalized spacial score (nSPS) is 22.5. The Morgan fingerprint density at radius 3 is 2.68 bits per heavy atom. The van der Waals surface area contributed by atoms with Gasteiger partial charge in [-0.1, -0.05) is 31.4 Å². The number of methoxy groups -OCH3 is 2. The molecule has 1 aromatic rings. The number of benzene rings is 1. The Labute approximate surface area is 131 Å². The van der Waals surface area contributed by atoms with E-state index in [1.54, 1.807) is 12.1 Å². The van der Waals surface area contributed by atoms with Crippen molar-refractivity contribution in [1.29, 1.82) is 0 Å². The van der Waals surface area contributed by atoms with Crippen LogP contribution < -0.4 is 0 Å². The van der Waals surface area contributed by atoms with E-state index in [-0.39, 0.29) is 17.5 Å². The third-order valence-electron chi connectivity index (χ3n) is 4.51. The Bertz CT molecular complexity index is 485. The molecule has 4 heteroatoms. The number of carbonyl (C=O) groups is 1. The SMILES string of the molecule is COC(OC)C(=O)C1CCCCC(Cc2cccc(F)c2)C1. The van der Waals surface area contributed by atoms with Crippen LogP contribution in [0.15, 0.2) is 24.3 Å². The molecular formula is C18H25FO3. The zero-order valence-corrected chi connectivity index (χ0v) is 13.4. The Hall–Kier alpha value is -1.26. The van der Waals surface area contributed by atoms with Crippen LogP contribution in [0.4, 0.5) is 4.39 Å². The van der Waals surface area contributed by atoms with Crippen molar-refractivity contribution in [1.82, 2.24) is 0 Å². The number of ether oxygens (including phenoxy) is 2. The summed E-state index contributed by atoms with van der Waals surface area (Å²) in [6, 6.07) is 6.76. The van der Waals surface area contributed by atoms with Crippen molar-refractivity contribution in [3.8, 4) is 0 Å². The molecule has 0 spiro atoms. The summed E-state index contributed by atoms with van der Waals surface area (Å²) < 4.78 is 23.5. The molecule has 1 fully saturated rings. The first-order chi connectivity index (χ1) is 10.6. The van der Waals surface area contributed by atoms with Crippen LogP contribution in [-0.2, 0) is 20.7 Å². The van der Waals surface area contributed by atoms with Crippen molar-refractivity contribution in [3.63, 3.8) is 0 Å². The van der Waals surface area contributed by atoms with E-state index in [1.807, 2.05) is 6.07 Å². The molecule has 0 bridgehead atoms. The van der Waals surface area contributed by atoms with E-state index in [0.717, 1.165) is 44.1 Å². The standard InChI is InChI=1S/C18H25FO3/c1-21-18(22-2)17(20)15-8-4-3-6-13(11-15)10-14-7-5-9-16(19)12-14/h5,7,9,12-13,15,18H,3-4,6,8,10-11H2,1-2H3. The molecule has 2 unspecified atom stereocenters. The van der Waals surface area contributed by atoms with Crippen LogP contribution in [0, 0.1) is 17.7 Å². The summed E-state index contributed by atoms with van der Waals surface area (Å²) in [6.07, 6.45) is 5.04. The minimum absolute atomic E-state index is 0.0223. The van der Waals surface area contributed by atoms with Crippen LogP contribution in [0.5, 0.6) is 0 Å². The van der Waals surface area contributed by atoms with Gasteiger partial charge in [-0.2, -0.15) is 0 Å². The molecule has 22 heavy (non-hydrogen) atoms. The largest absolute Gasteiger partial charge is 0.349 e. The predicted molar refractivity (Wildman–Crippen MR) is 83.0 cm³/mol. The molecule has 0 heterocycles. The quantitative estimate of drug-likeness (QED) is 0.593. The second-order valence-electron chi connectivity index (χ2n) is 6.12. The second kappa shape index (κ2) is 8.39. The Balaban J connectivity index is 2.02. The van der Waals surface area contributed by atoms with Crippen LogP contribution in [0.25, 0.3) is 0 Å². The van der Waals surface area contributed by atoms with E-state index in [1.165, 1.54) is 20.3 Å². The molecule has 2 rings (SSSR count). The van der Waals surface area contributed by atoms with Gasteiger partial charge in [-0.25, -0.2) is 4.39 Å². The van der Waals surface area contributed by atoms with Gasteiger partial charge in [0, 0.05) is 20.1 Å². The summed E-state index contributed by atoms with van der Waals surface area (Å²) >= 11 is 0. The molecule has 0 aromatic heterocycles. The topological polar surface area (TPSA) is 35.5 Å². The maximum absolute atomic E-state index is 13.3. The zero-order valence-electron chi connectivity index (χ0n) is 13.4. The first-order valence-corrected chi connectivity index (χ1v) is 7.97. The van der Waals surface area contributed by atoms with Crippen molar-refractivity contribution in [2.24, 2.45) is 11.8 Å². The summed E-state index contributed by atoms with van der Waals surface area (Å²) in [7, 11) is 2.99. The third kappa shape index (κ3) is 4.62. The number of carbonyl (C=O) groups excluding carboxylic acids is 1. The lowest BCUT2D eigenvalue weighted by atomic mass is 9.86. The van der Waals surface area contributed by atoms with Crippen molar-refractivity contribution in [3.05, 3.63) is 35.6 Å². The van der Waals surface area contributed by atoms with E-state index < -0.39 is 6.29 Å². The number of hydrogen-bond acceptors (Lipinski definition) is 3. The monoisotopic (exact) mass is 308 g/mol. The number of ketones is 1. The highest BCUT2D eigenvalue weighted by Crippen LogP contribution is 2.31. The summed E-state index contributed by atoms with van der Waals surface area (Å²) in [6.45, 7) is 0. The fourth-order valence-electron chi connectivity index (χ4n) is 3.42. The highest BCUT2D eigenvalue weighted by Gasteiger charge is 2.30. The van der Waals surface area contributed by atoms with Crippen molar-refractivity contribution < 1.29 is 18.7 Å². The fourth-order valence-corrected chi connectivity index (χ4v) is 3.42. The van der Waals surface area contributed by atoms with Gasteiger partial charge in [0.25, 0.3) is 0 Å². The smallest absolute Gasteiger partial charge is 0.217 e. The van der Waals surface area contributed by atoms with Crippen LogP contribution in [0.1, 0.15) is 37.7 Å². The highest BCUT2D eigenvalue weighted by atomic mass is 19.1. The lowest BCUT2D eigenvalue weighted by Crippen LogP contribution is -2.32. The van der Waals surface area contributed by atoms with E-state index in [4.69, 9.17) is 9.47 Å². The molecule has 0 radical (unpaired) electrons. The molecule has 2 atom stereocenters. The molecule has 1 aliphatic carbocycles. The van der Waals surface area contributed by atoms with Gasteiger partial charge in [0.2, 0.25) is 6.29 Å². The lowest BCUT2D eigenvalue weighted by molar-refractivity contribution is -0.161. The molecule has 0 amide bonds. The van der Waals surface area contributed by atoms with Gasteiger partial charge in [-0.05, 0) is 42.9 Å². The number of hydrogen-bond donors (Lipinski definition) is 0. The number of rotatable bonds is 6. The van der Waals surface area contributed by atoms with Gasteiger partial charge in [0.05, 0.1) is 0 Å². The lowest BCUT2D eigenvalue weighted by Gasteiger charge is -2.22. The average Bonchev–Trinajstić information content (AvgIpc) is 2.74. The molecule has 1 aliphatic rings. The predicted octanol–water partition coefficient (Wildman–Crippen LogP) is 3.75. The minimum Gasteiger partial charge on any atom is -0.349 e. The van der Waals surface area contributed by atoms with Gasteiger partial charge >= 0.3 is 0 Å². The first-order valence-electron chi connectivity index (χ1n) is 7.97. The van der Waals surface area contributed by atoms with Gasteiger partial charge in [-0.3, -0.25) is 4.79 Å². The number of halogens is 1. The molecule has 122 valence electrons. The molecular weight excluding hydrogens is 283 g/mol. The van der Waals surface area contributed by atoms with Crippen LogP contribution >= 0.6 is 0 Å². The Morgan fingerprint density at radius 2 is 2.00 bits per heavy atom. The summed E-state index contributed by atoms with van der Waals surface area (Å²) in [4.78, 5) is 12.5. The van der Waals surface area contributed by atoms with Crippen molar-refractivity contribution in [2.75, 3.05) is 14.2 Å². The summed E-state index contributed by atoms with van der Waals surface area (Å²) in [5, 5.41) is 0. The first kappa shape index (κ1) is 17.1. The van der Waals surface area contributed by atoms with E-state index in [9.17, 15) is 9.18 Å². The molecule has 1 aromatic carbocycles. The molecule has 1 saturated carbocycles.